The standard InChI is InChI=1S/C16H18N6OS/c1-11-5-3-4-6-13(11)7-14-20-21-16(24-14)19-15(23)12(2)8-22-10-17-9-18-22/h3-6,9-10,12H,7-8H2,1-2H3,(H,19,21,23). The maximum Gasteiger partial charge on any atom is 0.230 e. The fourth-order valence-electron chi connectivity index (χ4n) is 2.27. The maximum atomic E-state index is 12.2. The Morgan fingerprint density at radius 1 is 1.33 bits per heavy atom. The van der Waals surface area contributed by atoms with Crippen molar-refractivity contribution in [3.63, 3.8) is 0 Å². The number of nitrogens with zero attached hydrogens (tertiary/aromatic N) is 5. The highest BCUT2D eigenvalue weighted by Crippen LogP contribution is 2.20. The Morgan fingerprint density at radius 3 is 2.92 bits per heavy atom. The molecule has 0 saturated carbocycles. The number of carbonyl (C=O) groups is 1. The van der Waals surface area contributed by atoms with Gasteiger partial charge >= 0.3 is 0 Å². The molecule has 1 atom stereocenters. The summed E-state index contributed by atoms with van der Waals surface area (Å²) in [5.74, 6) is -0.348. The van der Waals surface area contributed by atoms with Gasteiger partial charge in [0.2, 0.25) is 11.0 Å². The molecule has 0 spiro atoms. The van der Waals surface area contributed by atoms with Crippen LogP contribution in [0.25, 0.3) is 0 Å². The van der Waals surface area contributed by atoms with Gasteiger partial charge in [-0.1, -0.05) is 42.5 Å². The molecule has 0 saturated heterocycles. The third kappa shape index (κ3) is 4.02. The van der Waals surface area contributed by atoms with E-state index in [0.29, 0.717) is 18.1 Å². The predicted molar refractivity (Wildman–Crippen MR) is 91.7 cm³/mol. The topological polar surface area (TPSA) is 85.6 Å². The Kier molecular flexibility index (Phi) is 4.95. The minimum Gasteiger partial charge on any atom is -0.300 e. The van der Waals surface area contributed by atoms with Crippen molar-refractivity contribution < 1.29 is 4.79 Å². The van der Waals surface area contributed by atoms with Crippen LogP contribution in [-0.2, 0) is 17.8 Å². The molecular weight excluding hydrogens is 324 g/mol. The van der Waals surface area contributed by atoms with E-state index in [-0.39, 0.29) is 11.8 Å². The number of carbonyl (C=O) groups excluding carboxylic acids is 1. The summed E-state index contributed by atoms with van der Waals surface area (Å²) >= 11 is 1.40. The molecule has 24 heavy (non-hydrogen) atoms. The van der Waals surface area contributed by atoms with Gasteiger partial charge in [-0.25, -0.2) is 4.98 Å². The second kappa shape index (κ2) is 7.31. The van der Waals surface area contributed by atoms with Gasteiger partial charge in [0.1, 0.15) is 17.7 Å². The van der Waals surface area contributed by atoms with E-state index in [9.17, 15) is 4.79 Å². The van der Waals surface area contributed by atoms with Gasteiger partial charge in [-0.05, 0) is 18.1 Å². The molecule has 0 radical (unpaired) electrons. The molecule has 0 fully saturated rings. The normalized spacial score (nSPS) is 12.1. The van der Waals surface area contributed by atoms with Crippen LogP contribution in [0, 0.1) is 12.8 Å². The molecule has 0 aliphatic rings. The smallest absolute Gasteiger partial charge is 0.230 e. The molecule has 2 heterocycles. The van der Waals surface area contributed by atoms with Crippen LogP contribution in [0.4, 0.5) is 5.13 Å². The van der Waals surface area contributed by atoms with Gasteiger partial charge in [0.15, 0.2) is 0 Å². The molecule has 1 N–H and O–H groups in total. The molecule has 1 aromatic carbocycles. The summed E-state index contributed by atoms with van der Waals surface area (Å²) in [4.78, 5) is 16.1. The Bertz CT molecular complexity index is 814. The van der Waals surface area contributed by atoms with Crippen LogP contribution in [0.1, 0.15) is 23.1 Å². The van der Waals surface area contributed by atoms with Gasteiger partial charge in [-0.15, -0.1) is 10.2 Å². The van der Waals surface area contributed by atoms with Crippen LogP contribution < -0.4 is 5.32 Å². The second-order valence-electron chi connectivity index (χ2n) is 5.61. The summed E-state index contributed by atoms with van der Waals surface area (Å²) < 4.78 is 1.63. The van der Waals surface area contributed by atoms with Crippen molar-refractivity contribution in [3.05, 3.63) is 53.1 Å². The monoisotopic (exact) mass is 342 g/mol. The van der Waals surface area contributed by atoms with Crippen molar-refractivity contribution in [1.82, 2.24) is 25.0 Å². The van der Waals surface area contributed by atoms with Crippen LogP contribution in [0.5, 0.6) is 0 Å². The number of aromatic nitrogens is 5. The first kappa shape index (κ1) is 16.3. The minimum atomic E-state index is -0.240. The second-order valence-corrected chi connectivity index (χ2v) is 6.67. The lowest BCUT2D eigenvalue weighted by atomic mass is 10.1. The quantitative estimate of drug-likeness (QED) is 0.743. The number of rotatable bonds is 6. The van der Waals surface area contributed by atoms with E-state index < -0.39 is 0 Å². The lowest BCUT2D eigenvalue weighted by Crippen LogP contribution is -2.24. The molecule has 1 amide bonds. The lowest BCUT2D eigenvalue weighted by molar-refractivity contribution is -0.119. The first-order chi connectivity index (χ1) is 11.6. The molecular formula is C16H18N6OS. The molecule has 0 bridgehead atoms. The zero-order valence-electron chi connectivity index (χ0n) is 13.5. The SMILES string of the molecule is Cc1ccccc1Cc1nnc(NC(=O)C(C)Cn2cncn2)s1. The summed E-state index contributed by atoms with van der Waals surface area (Å²) in [6.45, 7) is 4.39. The average Bonchev–Trinajstić information content (AvgIpc) is 3.22. The number of benzene rings is 1. The molecule has 124 valence electrons. The average molecular weight is 342 g/mol. The molecule has 8 heteroatoms. The Labute approximate surface area is 143 Å². The van der Waals surface area contributed by atoms with Gasteiger partial charge in [-0.2, -0.15) is 5.10 Å². The summed E-state index contributed by atoms with van der Waals surface area (Å²) in [6, 6.07) is 8.18. The van der Waals surface area contributed by atoms with Crippen molar-refractivity contribution >= 4 is 22.4 Å². The fourth-order valence-corrected chi connectivity index (χ4v) is 3.03. The van der Waals surface area contributed by atoms with Crippen LogP contribution in [0.3, 0.4) is 0 Å². The van der Waals surface area contributed by atoms with Crippen molar-refractivity contribution in [3.8, 4) is 0 Å². The third-order valence-electron chi connectivity index (χ3n) is 3.67. The van der Waals surface area contributed by atoms with Gasteiger partial charge in [0, 0.05) is 6.42 Å². The molecule has 7 nitrogen and oxygen atoms in total. The number of hydrogen-bond donors (Lipinski definition) is 1. The van der Waals surface area contributed by atoms with Gasteiger partial charge in [0.05, 0.1) is 12.5 Å². The zero-order chi connectivity index (χ0) is 16.9. The molecule has 2 aromatic heterocycles. The summed E-state index contributed by atoms with van der Waals surface area (Å²) in [7, 11) is 0. The van der Waals surface area contributed by atoms with Gasteiger partial charge in [-0.3, -0.25) is 9.48 Å². The van der Waals surface area contributed by atoms with Gasteiger partial charge < -0.3 is 5.32 Å². The maximum absolute atomic E-state index is 12.2. The van der Waals surface area contributed by atoms with E-state index in [2.05, 4.69) is 44.7 Å². The molecule has 1 unspecified atom stereocenters. The minimum absolute atomic E-state index is 0.107. The highest BCUT2D eigenvalue weighted by Gasteiger charge is 2.16. The van der Waals surface area contributed by atoms with Crippen LogP contribution in [0.15, 0.2) is 36.9 Å². The van der Waals surface area contributed by atoms with E-state index in [1.165, 1.54) is 28.8 Å². The first-order valence-corrected chi connectivity index (χ1v) is 8.43. The number of amides is 1. The Hall–Kier alpha value is -2.61. The highest BCUT2D eigenvalue weighted by atomic mass is 32.1. The molecule has 0 aliphatic carbocycles. The van der Waals surface area contributed by atoms with Crippen molar-refractivity contribution in [1.29, 1.82) is 0 Å². The summed E-state index contributed by atoms with van der Waals surface area (Å²) in [5, 5.41) is 16.5. The van der Waals surface area contributed by atoms with Gasteiger partial charge in [0.25, 0.3) is 0 Å². The number of aryl methyl sites for hydroxylation is 1. The van der Waals surface area contributed by atoms with Crippen molar-refractivity contribution in [2.45, 2.75) is 26.8 Å². The van der Waals surface area contributed by atoms with Crippen LogP contribution in [0.2, 0.25) is 0 Å². The third-order valence-corrected chi connectivity index (χ3v) is 4.51. The van der Waals surface area contributed by atoms with E-state index >= 15 is 0 Å². The van der Waals surface area contributed by atoms with E-state index in [4.69, 9.17) is 0 Å². The summed E-state index contributed by atoms with van der Waals surface area (Å²) in [5.41, 5.74) is 2.44. The van der Waals surface area contributed by atoms with E-state index in [1.54, 1.807) is 11.0 Å². The van der Waals surface area contributed by atoms with E-state index in [1.807, 2.05) is 19.1 Å². The zero-order valence-corrected chi connectivity index (χ0v) is 14.3. The predicted octanol–water partition coefficient (Wildman–Crippen LogP) is 2.30. The first-order valence-electron chi connectivity index (χ1n) is 7.62. The van der Waals surface area contributed by atoms with E-state index in [0.717, 1.165) is 5.01 Å². The number of hydrogen-bond acceptors (Lipinski definition) is 6. The summed E-state index contributed by atoms with van der Waals surface area (Å²) in [6.07, 6.45) is 3.76. The fraction of sp³-hybridized carbons (Fsp3) is 0.312. The molecule has 0 aliphatic heterocycles. The number of anilines is 1. The van der Waals surface area contributed by atoms with Crippen LogP contribution >= 0.6 is 11.3 Å². The molecule has 3 aromatic rings. The Balaban J connectivity index is 1.59. The Morgan fingerprint density at radius 2 is 2.17 bits per heavy atom. The number of nitrogens with one attached hydrogen (secondary N) is 1. The largest absolute Gasteiger partial charge is 0.300 e. The van der Waals surface area contributed by atoms with Crippen molar-refractivity contribution in [2.24, 2.45) is 5.92 Å². The molecule has 3 rings (SSSR count). The van der Waals surface area contributed by atoms with Crippen molar-refractivity contribution in [2.75, 3.05) is 5.32 Å². The van der Waals surface area contributed by atoms with Crippen LogP contribution in [-0.4, -0.2) is 30.9 Å². The lowest BCUT2D eigenvalue weighted by Gasteiger charge is -2.09. The highest BCUT2D eigenvalue weighted by molar-refractivity contribution is 7.15.